The minimum atomic E-state index is -5.90. The molecule has 228 valence electrons. The zero-order chi connectivity index (χ0) is 31.0. The molecule has 1 fully saturated rings. The third kappa shape index (κ3) is 5.94. The number of fused-ring (bicyclic) bond motifs is 1. The van der Waals surface area contributed by atoms with Crippen molar-refractivity contribution in [2.24, 2.45) is 0 Å². The average molecular weight is 614 g/mol. The topological polar surface area (TPSA) is 66.4 Å². The Morgan fingerprint density at radius 3 is 2.15 bits per heavy atom. The predicted octanol–water partition coefficient (Wildman–Crippen LogP) is 6.83. The number of hydrogen-bond donors (Lipinski definition) is 0. The Balaban J connectivity index is 1.72. The molecular weight excluding hydrogens is 582 g/mol. The number of rotatable bonds is 8. The lowest BCUT2D eigenvalue weighted by atomic mass is 10.1. The summed E-state index contributed by atoms with van der Waals surface area (Å²) in [5.41, 5.74) is -4.31. The number of alkyl halides is 8. The monoisotopic (exact) mass is 613 g/mol. The predicted molar refractivity (Wildman–Crippen MR) is 136 cm³/mol. The molecule has 0 radical (unpaired) electrons. The van der Waals surface area contributed by atoms with Crippen molar-refractivity contribution in [1.82, 2.24) is 23.7 Å². The van der Waals surface area contributed by atoms with Crippen molar-refractivity contribution in [1.29, 1.82) is 0 Å². The van der Waals surface area contributed by atoms with Gasteiger partial charge in [0.15, 0.2) is 14.0 Å². The van der Waals surface area contributed by atoms with Crippen LogP contribution in [0.2, 0.25) is 18.1 Å². The maximum absolute atomic E-state index is 14.2. The second-order valence-corrected chi connectivity index (χ2v) is 16.9. The fourth-order valence-electron chi connectivity index (χ4n) is 4.41. The molecule has 0 aromatic carbocycles. The van der Waals surface area contributed by atoms with E-state index in [2.05, 4.69) is 43.9 Å². The zero-order valence-electron chi connectivity index (χ0n) is 23.3. The van der Waals surface area contributed by atoms with Crippen LogP contribution in [-0.4, -0.2) is 49.7 Å². The minimum Gasteiger partial charge on any atom is -0.411 e. The molecule has 7 nitrogen and oxygen atoms in total. The van der Waals surface area contributed by atoms with Gasteiger partial charge in [-0.2, -0.15) is 40.2 Å². The van der Waals surface area contributed by atoms with Crippen LogP contribution in [0, 0.1) is 6.92 Å². The highest BCUT2D eigenvalue weighted by molar-refractivity contribution is 6.74. The average Bonchev–Trinajstić information content (AvgIpc) is 3.24. The molecule has 0 atom stereocenters. The van der Waals surface area contributed by atoms with E-state index in [1.807, 2.05) is 0 Å². The van der Waals surface area contributed by atoms with Crippen molar-refractivity contribution in [3.63, 3.8) is 0 Å². The molecule has 0 amide bonds. The third-order valence-electron chi connectivity index (χ3n) is 7.92. The highest BCUT2D eigenvalue weighted by atomic mass is 28.4. The van der Waals surface area contributed by atoms with Gasteiger partial charge in [-0.1, -0.05) is 20.8 Å². The van der Waals surface area contributed by atoms with Crippen molar-refractivity contribution >= 4 is 14.1 Å². The summed E-state index contributed by atoms with van der Waals surface area (Å²) < 4.78 is 116. The lowest BCUT2D eigenvalue weighted by Gasteiger charge is -2.39. The van der Waals surface area contributed by atoms with Crippen LogP contribution < -0.4 is 5.56 Å². The molecule has 0 spiro atoms. The van der Waals surface area contributed by atoms with Gasteiger partial charge in [-0.3, -0.25) is 13.9 Å². The van der Waals surface area contributed by atoms with Gasteiger partial charge in [0.2, 0.25) is 5.78 Å². The first kappa shape index (κ1) is 31.2. The van der Waals surface area contributed by atoms with E-state index in [0.29, 0.717) is 24.5 Å². The van der Waals surface area contributed by atoms with Crippen LogP contribution in [-0.2, 0) is 23.7 Å². The van der Waals surface area contributed by atoms with E-state index in [1.54, 1.807) is 6.92 Å². The molecular formula is C25H31F8N5O2Si. The number of aromatic nitrogens is 5. The van der Waals surface area contributed by atoms with Crippen LogP contribution in [0.25, 0.3) is 16.9 Å². The summed E-state index contributed by atoms with van der Waals surface area (Å²) in [5, 5.41) is 3.31. The van der Waals surface area contributed by atoms with Crippen molar-refractivity contribution < 1.29 is 39.5 Å². The van der Waals surface area contributed by atoms with Crippen LogP contribution in [0.3, 0.4) is 0 Å². The molecule has 4 rings (SSSR count). The maximum Gasteiger partial charge on any atom is 0.455 e. The van der Waals surface area contributed by atoms with E-state index < -0.39 is 61.1 Å². The number of nitrogens with zero attached hydrogens (tertiary/aromatic N) is 5. The summed E-state index contributed by atoms with van der Waals surface area (Å²) in [6, 6.07) is 0. The van der Waals surface area contributed by atoms with Crippen LogP contribution in [0.5, 0.6) is 0 Å². The summed E-state index contributed by atoms with van der Waals surface area (Å²) in [7, 11) is -2.12. The number of aryl methyl sites for hydroxylation is 2. The molecule has 1 aliphatic carbocycles. The lowest BCUT2D eigenvalue weighted by Crippen LogP contribution is -2.45. The van der Waals surface area contributed by atoms with Gasteiger partial charge in [-0.25, -0.2) is 4.98 Å². The molecule has 0 unspecified atom stereocenters. The maximum atomic E-state index is 14.2. The van der Waals surface area contributed by atoms with Crippen LogP contribution in [0.1, 0.15) is 51.4 Å². The van der Waals surface area contributed by atoms with Crippen molar-refractivity contribution in [2.45, 2.75) is 102 Å². The third-order valence-corrected chi connectivity index (χ3v) is 12.5. The Kier molecular flexibility index (Phi) is 7.33. The summed E-state index contributed by atoms with van der Waals surface area (Å²) in [4.78, 5) is 17.1. The Morgan fingerprint density at radius 2 is 1.63 bits per heavy atom. The Labute approximate surface area is 231 Å². The van der Waals surface area contributed by atoms with Gasteiger partial charge in [-0.15, -0.1) is 0 Å². The van der Waals surface area contributed by atoms with E-state index in [0.717, 1.165) is 17.2 Å². The molecule has 0 N–H and O–H groups in total. The molecule has 3 aromatic heterocycles. The molecule has 41 heavy (non-hydrogen) atoms. The van der Waals surface area contributed by atoms with Gasteiger partial charge >= 0.3 is 18.3 Å². The van der Waals surface area contributed by atoms with Crippen LogP contribution in [0.4, 0.5) is 35.1 Å². The SMILES string of the molecule is Cc1cn2c(=O)c(-c3cnn(CC(F)(F)C(F)(F)F)c3)c(C(F)(F)F)nc2n1CCC1(O[Si](C)(C)C(C)(C)C)CC1. The summed E-state index contributed by atoms with van der Waals surface area (Å²) >= 11 is 0. The Bertz CT molecular complexity index is 1510. The van der Waals surface area contributed by atoms with Crippen molar-refractivity contribution in [2.75, 3.05) is 0 Å². The van der Waals surface area contributed by atoms with Gasteiger partial charge in [-0.05, 0) is 44.3 Å². The molecule has 1 aliphatic rings. The van der Waals surface area contributed by atoms with Gasteiger partial charge in [0.05, 0.1) is 17.4 Å². The zero-order valence-corrected chi connectivity index (χ0v) is 24.3. The molecule has 0 saturated heterocycles. The van der Waals surface area contributed by atoms with E-state index in [4.69, 9.17) is 4.43 Å². The standard InChI is InChI=1S/C25H31F8N5O2Si/c1-15-12-38-19(39)17(16-11-34-36(13-16)14-23(26,27)25(31,32)33)18(24(28,29)30)35-20(38)37(15)10-9-22(7-8-22)40-41(5,6)21(2,3)4/h11-13H,7-10,14H2,1-6H3. The Hall–Kier alpha value is -2.75. The van der Waals surface area contributed by atoms with Gasteiger partial charge in [0.25, 0.3) is 5.56 Å². The Morgan fingerprint density at radius 1 is 1.02 bits per heavy atom. The molecule has 0 bridgehead atoms. The molecule has 0 aliphatic heterocycles. The first-order valence-corrected chi connectivity index (χ1v) is 15.8. The normalized spacial score (nSPS) is 16.5. The van der Waals surface area contributed by atoms with E-state index in [1.165, 1.54) is 10.8 Å². The van der Waals surface area contributed by atoms with Crippen molar-refractivity contribution in [3.8, 4) is 11.1 Å². The van der Waals surface area contributed by atoms with Crippen LogP contribution >= 0.6 is 0 Å². The number of imidazole rings is 1. The highest BCUT2D eigenvalue weighted by Gasteiger charge is 2.58. The van der Waals surface area contributed by atoms with E-state index >= 15 is 0 Å². The van der Waals surface area contributed by atoms with Crippen LogP contribution in [0.15, 0.2) is 23.4 Å². The van der Waals surface area contributed by atoms with Crippen molar-refractivity contribution in [3.05, 3.63) is 40.3 Å². The summed E-state index contributed by atoms with van der Waals surface area (Å²) in [6.45, 7) is 10.4. The first-order chi connectivity index (χ1) is 18.5. The lowest BCUT2D eigenvalue weighted by molar-refractivity contribution is -0.287. The number of hydrogen-bond acceptors (Lipinski definition) is 4. The second kappa shape index (κ2) is 9.64. The molecule has 3 heterocycles. The van der Waals surface area contributed by atoms with Gasteiger partial charge in [0, 0.05) is 30.2 Å². The van der Waals surface area contributed by atoms with Gasteiger partial charge in [0.1, 0.15) is 6.54 Å². The minimum absolute atomic E-state index is 0.0397. The second-order valence-electron chi connectivity index (χ2n) is 12.2. The summed E-state index contributed by atoms with van der Waals surface area (Å²) in [5.74, 6) is -5.47. The largest absolute Gasteiger partial charge is 0.455 e. The number of halogens is 8. The molecule has 3 aromatic rings. The molecule has 16 heteroatoms. The van der Waals surface area contributed by atoms with E-state index in [9.17, 15) is 39.9 Å². The fraction of sp³-hybridized carbons (Fsp3) is 0.640. The molecule has 1 saturated carbocycles. The highest BCUT2D eigenvalue weighted by Crippen LogP contribution is 2.50. The van der Waals surface area contributed by atoms with E-state index in [-0.39, 0.29) is 22.0 Å². The van der Waals surface area contributed by atoms with Gasteiger partial charge < -0.3 is 8.99 Å². The fourth-order valence-corrected chi connectivity index (χ4v) is 6.10. The summed E-state index contributed by atoms with van der Waals surface area (Å²) in [6.07, 6.45) is -6.46. The quantitative estimate of drug-likeness (QED) is 0.206. The first-order valence-electron chi connectivity index (χ1n) is 12.9. The smallest absolute Gasteiger partial charge is 0.411 e.